The molecule has 0 aromatic heterocycles. The van der Waals surface area contributed by atoms with E-state index in [1.165, 1.54) is 5.56 Å². The first-order valence-corrected chi connectivity index (χ1v) is 10.8. The minimum absolute atomic E-state index is 0.0184. The first-order valence-electron chi connectivity index (χ1n) is 7.57. The van der Waals surface area contributed by atoms with Crippen LogP contribution in [0.1, 0.15) is 25.2 Å². The van der Waals surface area contributed by atoms with Crippen LogP contribution in [0.3, 0.4) is 0 Å². The Labute approximate surface area is 139 Å². The Morgan fingerprint density at radius 1 is 1.00 bits per heavy atom. The molecule has 0 unspecified atom stereocenters. The average Bonchev–Trinajstić information content (AvgIpc) is 2.52. The summed E-state index contributed by atoms with van der Waals surface area (Å²) in [6.07, 6.45) is -2.02. The average molecular weight is 333 g/mol. The van der Waals surface area contributed by atoms with E-state index < -0.39 is 6.26 Å². The topological polar surface area (TPSA) is 21.3 Å². The van der Waals surface area contributed by atoms with Crippen molar-refractivity contribution < 1.29 is 4.52 Å². The monoisotopic (exact) mass is 333 g/mol. The normalized spacial score (nSPS) is 15.3. The van der Waals surface area contributed by atoms with Gasteiger partial charge in [0.25, 0.3) is 0 Å². The molecular weight excluding hydrogens is 309 g/mol. The number of hydrogen-bond donors (Lipinski definition) is 1. The molecule has 2 atom stereocenters. The van der Waals surface area contributed by atoms with E-state index in [2.05, 4.69) is 50.1 Å². The van der Waals surface area contributed by atoms with Crippen molar-refractivity contribution in [1.29, 1.82) is 0 Å². The molecule has 2 aromatic carbocycles. The summed E-state index contributed by atoms with van der Waals surface area (Å²) >= 11 is 5.89. The summed E-state index contributed by atoms with van der Waals surface area (Å²) in [7, 11) is 0. The Morgan fingerprint density at radius 2 is 1.55 bits per heavy atom. The summed E-state index contributed by atoms with van der Waals surface area (Å²) in [5.41, 5.74) is 2.25. The molecule has 0 radical (unpaired) electrons. The first kappa shape index (κ1) is 17.2. The van der Waals surface area contributed by atoms with Gasteiger partial charge in [-0.05, 0) is 30.3 Å². The van der Waals surface area contributed by atoms with Gasteiger partial charge in [-0.1, -0.05) is 74.2 Å². The molecule has 0 amide bonds. The highest BCUT2D eigenvalue weighted by atomic mass is 32.4. The molecule has 4 heteroatoms. The van der Waals surface area contributed by atoms with Gasteiger partial charge in [0.15, 0.2) is 0 Å². The highest BCUT2D eigenvalue weighted by Crippen LogP contribution is 2.57. The second-order valence-corrected chi connectivity index (χ2v) is 10.7. The van der Waals surface area contributed by atoms with E-state index in [-0.39, 0.29) is 5.78 Å². The predicted molar refractivity (Wildman–Crippen MR) is 100 cm³/mol. The van der Waals surface area contributed by atoms with E-state index in [9.17, 15) is 0 Å². The van der Waals surface area contributed by atoms with Crippen molar-refractivity contribution in [3.8, 4) is 0 Å². The van der Waals surface area contributed by atoms with Crippen LogP contribution in [0.25, 0.3) is 0 Å². The number of hydrogen-bond acceptors (Lipinski definition) is 3. The molecule has 0 aliphatic carbocycles. The fraction of sp³-hybridized carbons (Fsp3) is 0.333. The quantitative estimate of drug-likeness (QED) is 0.677. The number of anilines is 1. The summed E-state index contributed by atoms with van der Waals surface area (Å²) in [5, 5.41) is 3.58. The summed E-state index contributed by atoms with van der Waals surface area (Å²) < 4.78 is 6.14. The second-order valence-electron chi connectivity index (χ2n) is 5.92. The fourth-order valence-corrected chi connectivity index (χ4v) is 4.72. The number of para-hydroxylation sites is 1. The van der Waals surface area contributed by atoms with Gasteiger partial charge < -0.3 is 9.84 Å². The molecular formula is C18H24NOPS. The lowest BCUT2D eigenvalue weighted by atomic mass is 10.2. The van der Waals surface area contributed by atoms with Crippen LogP contribution in [0.4, 0.5) is 5.69 Å². The number of nitrogens with one attached hydrogen (secondary N) is 1. The van der Waals surface area contributed by atoms with Crippen molar-refractivity contribution in [2.75, 3.05) is 18.6 Å². The Hall–Kier alpha value is -1.15. The van der Waals surface area contributed by atoms with Crippen LogP contribution in [0.15, 0.2) is 60.7 Å². The van der Waals surface area contributed by atoms with Crippen molar-refractivity contribution in [2.24, 2.45) is 5.92 Å². The minimum atomic E-state index is -2.02. The van der Waals surface area contributed by atoms with E-state index in [0.717, 1.165) is 5.69 Å². The van der Waals surface area contributed by atoms with Gasteiger partial charge in [-0.2, -0.15) is 0 Å². The maximum absolute atomic E-state index is 6.14. The molecule has 0 saturated heterocycles. The molecule has 0 aliphatic rings. The van der Waals surface area contributed by atoms with Crippen LogP contribution in [-0.2, 0) is 16.3 Å². The Bertz CT molecular complexity index is 615. The highest BCUT2D eigenvalue weighted by Gasteiger charge is 2.26. The van der Waals surface area contributed by atoms with Gasteiger partial charge in [-0.25, -0.2) is 0 Å². The van der Waals surface area contributed by atoms with Crippen molar-refractivity contribution >= 4 is 23.8 Å². The van der Waals surface area contributed by atoms with Gasteiger partial charge >= 0.3 is 0 Å². The lowest BCUT2D eigenvalue weighted by Crippen LogP contribution is -2.14. The van der Waals surface area contributed by atoms with Gasteiger partial charge in [0, 0.05) is 5.69 Å². The molecule has 2 rings (SSSR count). The molecule has 2 aromatic rings. The highest BCUT2D eigenvalue weighted by molar-refractivity contribution is 8.12. The lowest BCUT2D eigenvalue weighted by molar-refractivity contribution is 0.296. The van der Waals surface area contributed by atoms with E-state index >= 15 is 0 Å². The molecule has 0 spiro atoms. The SMILES string of the molecule is CC(C)CO[P@](C)(=S)[C@@H](Nc1ccccc1)c1ccccc1. The van der Waals surface area contributed by atoms with Crippen molar-refractivity contribution in [3.05, 3.63) is 66.2 Å². The molecule has 22 heavy (non-hydrogen) atoms. The van der Waals surface area contributed by atoms with Crippen molar-refractivity contribution in [1.82, 2.24) is 0 Å². The van der Waals surface area contributed by atoms with Crippen LogP contribution < -0.4 is 5.32 Å². The second kappa shape index (κ2) is 7.92. The zero-order valence-electron chi connectivity index (χ0n) is 13.4. The maximum atomic E-state index is 6.14. The van der Waals surface area contributed by atoms with Gasteiger partial charge in [0.05, 0.1) is 12.9 Å². The maximum Gasteiger partial charge on any atom is 0.103 e. The Morgan fingerprint density at radius 3 is 2.09 bits per heavy atom. The molecule has 0 saturated carbocycles. The van der Waals surface area contributed by atoms with Crippen molar-refractivity contribution in [2.45, 2.75) is 19.6 Å². The first-order chi connectivity index (χ1) is 10.5. The third-order valence-corrected chi connectivity index (χ3v) is 6.30. The molecule has 0 heterocycles. The summed E-state index contributed by atoms with van der Waals surface area (Å²) in [6, 6.07) is 20.5. The number of rotatable bonds is 7. The Balaban J connectivity index is 2.27. The predicted octanol–water partition coefficient (Wildman–Crippen LogP) is 5.49. The van der Waals surface area contributed by atoms with Gasteiger partial charge in [-0.3, -0.25) is 0 Å². The molecule has 0 aliphatic heterocycles. The van der Waals surface area contributed by atoms with Crippen LogP contribution in [0, 0.1) is 5.92 Å². The molecule has 118 valence electrons. The lowest BCUT2D eigenvalue weighted by Gasteiger charge is -2.30. The minimum Gasteiger partial charge on any atom is -0.372 e. The summed E-state index contributed by atoms with van der Waals surface area (Å²) in [4.78, 5) is 0. The van der Waals surface area contributed by atoms with E-state index in [1.807, 2.05) is 36.4 Å². The largest absolute Gasteiger partial charge is 0.372 e. The third-order valence-electron chi connectivity index (χ3n) is 3.33. The smallest absolute Gasteiger partial charge is 0.103 e. The standard InChI is InChI=1S/C18H24NOPS/c1-15(2)14-20-21(3,22)18(16-10-6-4-7-11-16)19-17-12-8-5-9-13-17/h4-13,15,18-19H,14H2,1-3H3/t18-,21-/m1/s1. The zero-order valence-corrected chi connectivity index (χ0v) is 15.1. The summed E-state index contributed by atoms with van der Waals surface area (Å²) in [5.74, 6) is 0.500. The van der Waals surface area contributed by atoms with Gasteiger partial charge in [0.1, 0.15) is 5.78 Å². The van der Waals surface area contributed by atoms with Crippen molar-refractivity contribution in [3.63, 3.8) is 0 Å². The summed E-state index contributed by atoms with van der Waals surface area (Å²) in [6.45, 7) is 7.08. The third kappa shape index (κ3) is 4.95. The molecule has 0 bridgehead atoms. The van der Waals surface area contributed by atoms with Crippen LogP contribution >= 0.6 is 6.26 Å². The van der Waals surface area contributed by atoms with Crippen LogP contribution in [-0.4, -0.2) is 13.3 Å². The van der Waals surface area contributed by atoms with E-state index in [1.54, 1.807) is 0 Å². The molecule has 2 nitrogen and oxygen atoms in total. The van der Waals surface area contributed by atoms with Crippen LogP contribution in [0.2, 0.25) is 0 Å². The molecule has 1 N–H and O–H groups in total. The molecule has 0 fully saturated rings. The fourth-order valence-electron chi connectivity index (χ4n) is 2.17. The zero-order chi connectivity index (χ0) is 16.0. The number of benzene rings is 2. The van der Waals surface area contributed by atoms with Gasteiger partial charge in [0.2, 0.25) is 0 Å². The van der Waals surface area contributed by atoms with Gasteiger partial charge in [-0.15, -0.1) is 0 Å². The van der Waals surface area contributed by atoms with Crippen LogP contribution in [0.5, 0.6) is 0 Å². The van der Waals surface area contributed by atoms with E-state index in [4.69, 9.17) is 16.3 Å². The van der Waals surface area contributed by atoms with E-state index in [0.29, 0.717) is 12.5 Å². The Kier molecular flexibility index (Phi) is 6.19.